The maximum atomic E-state index is 11.3. The van der Waals surface area contributed by atoms with Crippen LogP contribution in [0, 0.1) is 0 Å². The first-order chi connectivity index (χ1) is 9.31. The maximum absolute atomic E-state index is 11.3. The molecule has 0 aliphatic carbocycles. The number of hydrogen-bond donors (Lipinski definition) is 1. The number of hydrogen-bond acceptors (Lipinski definition) is 4. The third kappa shape index (κ3) is 3.07. The van der Waals surface area contributed by atoms with Gasteiger partial charge in [0, 0.05) is 24.9 Å². The van der Waals surface area contributed by atoms with E-state index in [1.54, 1.807) is 4.57 Å². The van der Waals surface area contributed by atoms with Crippen LogP contribution in [0.3, 0.4) is 0 Å². The summed E-state index contributed by atoms with van der Waals surface area (Å²) >= 11 is 0. The Morgan fingerprint density at radius 2 is 2.10 bits per heavy atom. The number of primary sulfonamides is 1. The minimum absolute atomic E-state index is 0.0994. The average molecular weight is 297 g/mol. The van der Waals surface area contributed by atoms with Crippen molar-refractivity contribution in [1.29, 1.82) is 0 Å². The van der Waals surface area contributed by atoms with Crippen LogP contribution in [-0.4, -0.2) is 27.7 Å². The molecule has 110 valence electrons. The van der Waals surface area contributed by atoms with E-state index in [1.807, 2.05) is 37.7 Å². The van der Waals surface area contributed by atoms with Gasteiger partial charge in [0.2, 0.25) is 0 Å². The lowest BCUT2D eigenvalue weighted by Gasteiger charge is -2.05. The second-order valence-corrected chi connectivity index (χ2v) is 6.41. The highest BCUT2D eigenvalue weighted by Gasteiger charge is 2.16. The van der Waals surface area contributed by atoms with Crippen molar-refractivity contribution in [3.8, 4) is 0 Å². The van der Waals surface area contributed by atoms with Crippen molar-refractivity contribution < 1.29 is 8.42 Å². The van der Waals surface area contributed by atoms with E-state index in [0.717, 1.165) is 5.69 Å². The predicted molar refractivity (Wildman–Crippen MR) is 74.7 cm³/mol. The molecule has 0 aliphatic heterocycles. The molecule has 2 heterocycles. The van der Waals surface area contributed by atoms with E-state index in [1.165, 1.54) is 6.20 Å². The summed E-state index contributed by atoms with van der Waals surface area (Å²) in [6.45, 7) is 6.49. The zero-order valence-corrected chi connectivity index (χ0v) is 12.6. The van der Waals surface area contributed by atoms with Crippen LogP contribution >= 0.6 is 0 Å². The third-order valence-corrected chi connectivity index (χ3v) is 3.75. The molecule has 0 radical (unpaired) electrons. The Kier molecular flexibility index (Phi) is 3.96. The van der Waals surface area contributed by atoms with Crippen molar-refractivity contribution >= 4 is 10.0 Å². The minimum Gasteiger partial charge on any atom is -0.327 e. The van der Waals surface area contributed by atoms with E-state index in [4.69, 9.17) is 5.14 Å². The lowest BCUT2D eigenvalue weighted by Crippen LogP contribution is -2.12. The number of nitrogens with two attached hydrogens (primary N) is 1. The predicted octanol–water partition coefficient (Wildman–Crippen LogP) is 0.919. The van der Waals surface area contributed by atoms with Gasteiger partial charge in [0.05, 0.1) is 12.2 Å². The minimum atomic E-state index is -3.77. The zero-order chi connectivity index (χ0) is 14.9. The van der Waals surface area contributed by atoms with Crippen LogP contribution in [0.4, 0.5) is 0 Å². The molecule has 7 nitrogen and oxygen atoms in total. The Bertz CT molecular complexity index is 699. The molecule has 0 saturated heterocycles. The Hall–Kier alpha value is -1.67. The fraction of sp³-hybridized carbons (Fsp3) is 0.500. The molecule has 0 aromatic carbocycles. The molecule has 0 amide bonds. The third-order valence-electron chi connectivity index (χ3n) is 2.97. The lowest BCUT2D eigenvalue weighted by molar-refractivity contribution is 0.523. The standard InChI is InChI=1S/C12H19N5O2S/c1-4-11-14-12(20(13,18)19)8-16(11)7-10-5-6-17(15-10)9(2)3/h5-6,8-9H,4,7H2,1-3H3,(H2,13,18,19). The van der Waals surface area contributed by atoms with Crippen LogP contribution in [-0.2, 0) is 23.0 Å². The van der Waals surface area contributed by atoms with Crippen LogP contribution in [0.15, 0.2) is 23.5 Å². The Morgan fingerprint density at radius 1 is 1.40 bits per heavy atom. The summed E-state index contributed by atoms with van der Waals surface area (Å²) < 4.78 is 26.3. The fourth-order valence-corrected chi connectivity index (χ4v) is 2.41. The Balaban J connectivity index is 2.30. The molecule has 2 rings (SSSR count). The summed E-state index contributed by atoms with van der Waals surface area (Å²) in [4.78, 5) is 4.05. The first-order valence-corrected chi connectivity index (χ1v) is 7.98. The first kappa shape index (κ1) is 14.7. The van der Waals surface area contributed by atoms with Crippen LogP contribution in [0.2, 0.25) is 0 Å². The van der Waals surface area contributed by atoms with Gasteiger partial charge in [0.15, 0.2) is 5.03 Å². The first-order valence-electron chi connectivity index (χ1n) is 6.44. The van der Waals surface area contributed by atoms with Crippen molar-refractivity contribution in [2.45, 2.75) is 44.8 Å². The van der Waals surface area contributed by atoms with Gasteiger partial charge in [-0.05, 0) is 19.9 Å². The van der Waals surface area contributed by atoms with E-state index in [0.29, 0.717) is 18.8 Å². The van der Waals surface area contributed by atoms with Crippen LogP contribution < -0.4 is 5.14 Å². The van der Waals surface area contributed by atoms with Gasteiger partial charge in [-0.25, -0.2) is 18.5 Å². The Labute approximate surface area is 118 Å². The second kappa shape index (κ2) is 5.37. The van der Waals surface area contributed by atoms with Gasteiger partial charge in [-0.15, -0.1) is 0 Å². The van der Waals surface area contributed by atoms with Gasteiger partial charge in [0.25, 0.3) is 10.0 Å². The molecule has 2 aromatic heterocycles. The van der Waals surface area contributed by atoms with Crippen LogP contribution in [0.25, 0.3) is 0 Å². The van der Waals surface area contributed by atoms with Gasteiger partial charge in [0.1, 0.15) is 5.82 Å². The van der Waals surface area contributed by atoms with Gasteiger partial charge in [-0.1, -0.05) is 6.92 Å². The molecular formula is C12H19N5O2S. The molecule has 0 bridgehead atoms. The van der Waals surface area contributed by atoms with E-state index in [2.05, 4.69) is 10.1 Å². The number of nitrogens with zero attached hydrogens (tertiary/aromatic N) is 4. The van der Waals surface area contributed by atoms with Crippen LogP contribution in [0.5, 0.6) is 0 Å². The average Bonchev–Trinajstić information content (AvgIpc) is 2.95. The van der Waals surface area contributed by atoms with E-state index in [9.17, 15) is 8.42 Å². The largest absolute Gasteiger partial charge is 0.327 e. The molecule has 2 N–H and O–H groups in total. The van der Waals surface area contributed by atoms with Crippen LogP contribution in [0.1, 0.15) is 38.3 Å². The van der Waals surface area contributed by atoms with Gasteiger partial charge in [-0.2, -0.15) is 5.10 Å². The smallest absolute Gasteiger partial charge is 0.257 e. The number of rotatable bonds is 5. The van der Waals surface area contributed by atoms with Crippen molar-refractivity contribution in [2.24, 2.45) is 5.14 Å². The van der Waals surface area contributed by atoms with Gasteiger partial charge >= 0.3 is 0 Å². The molecule has 8 heteroatoms. The summed E-state index contributed by atoms with van der Waals surface area (Å²) in [5, 5.41) is 9.45. The molecule has 0 spiro atoms. The van der Waals surface area contributed by atoms with Gasteiger partial charge < -0.3 is 4.57 Å². The number of imidazole rings is 1. The normalized spacial score (nSPS) is 12.2. The molecule has 0 saturated carbocycles. The number of aromatic nitrogens is 4. The summed E-state index contributed by atoms with van der Waals surface area (Å²) in [5.74, 6) is 0.674. The monoisotopic (exact) mass is 297 g/mol. The lowest BCUT2D eigenvalue weighted by atomic mass is 10.4. The highest BCUT2D eigenvalue weighted by Crippen LogP contribution is 2.12. The molecule has 0 fully saturated rings. The topological polar surface area (TPSA) is 95.8 Å². The second-order valence-electron chi connectivity index (χ2n) is 4.90. The summed E-state index contributed by atoms with van der Waals surface area (Å²) in [6, 6.07) is 2.20. The van der Waals surface area contributed by atoms with Crippen molar-refractivity contribution in [3.05, 3.63) is 30.0 Å². The Morgan fingerprint density at radius 3 is 2.60 bits per heavy atom. The van der Waals surface area contributed by atoms with E-state index >= 15 is 0 Å². The summed E-state index contributed by atoms with van der Waals surface area (Å²) in [6.07, 6.45) is 3.99. The molecular weight excluding hydrogens is 278 g/mol. The molecule has 20 heavy (non-hydrogen) atoms. The summed E-state index contributed by atoms with van der Waals surface area (Å²) in [7, 11) is -3.77. The molecule has 0 unspecified atom stereocenters. The summed E-state index contributed by atoms with van der Waals surface area (Å²) in [5.41, 5.74) is 0.853. The zero-order valence-electron chi connectivity index (χ0n) is 11.8. The highest BCUT2D eigenvalue weighted by molar-refractivity contribution is 7.89. The SMILES string of the molecule is CCc1nc(S(N)(=O)=O)cn1Cc1ccn(C(C)C)n1. The van der Waals surface area contributed by atoms with Crippen molar-refractivity contribution in [2.75, 3.05) is 0 Å². The molecule has 2 aromatic rings. The van der Waals surface area contributed by atoms with Crippen molar-refractivity contribution in [3.63, 3.8) is 0 Å². The van der Waals surface area contributed by atoms with E-state index < -0.39 is 10.0 Å². The van der Waals surface area contributed by atoms with Crippen molar-refractivity contribution in [1.82, 2.24) is 19.3 Å². The van der Waals surface area contributed by atoms with Gasteiger partial charge in [-0.3, -0.25) is 4.68 Å². The van der Waals surface area contributed by atoms with E-state index in [-0.39, 0.29) is 11.1 Å². The fourth-order valence-electron chi connectivity index (χ4n) is 1.91. The maximum Gasteiger partial charge on any atom is 0.257 e. The molecule has 0 atom stereocenters. The highest BCUT2D eigenvalue weighted by atomic mass is 32.2. The quantitative estimate of drug-likeness (QED) is 0.887. The number of sulfonamides is 1. The molecule has 0 aliphatic rings. The number of aryl methyl sites for hydroxylation is 1.